The Kier molecular flexibility index (Phi) is 3.10. The molecule has 0 saturated heterocycles. The molecule has 1 aromatic carbocycles. The number of para-hydroxylation sites is 1. The minimum Gasteiger partial charge on any atom is -0.358 e. The molecule has 0 unspecified atom stereocenters. The minimum atomic E-state index is 0.629. The summed E-state index contributed by atoms with van der Waals surface area (Å²) in [4.78, 5) is 3.46. The van der Waals surface area contributed by atoms with E-state index in [9.17, 15) is 0 Å². The minimum absolute atomic E-state index is 0.629. The van der Waals surface area contributed by atoms with Crippen LogP contribution in [0.15, 0.2) is 24.3 Å². The van der Waals surface area contributed by atoms with Crippen molar-refractivity contribution in [2.75, 3.05) is 6.54 Å². The second-order valence-corrected chi connectivity index (χ2v) is 5.25. The third kappa shape index (κ3) is 1.84. The Morgan fingerprint density at radius 2 is 2.00 bits per heavy atom. The number of benzene rings is 1. The van der Waals surface area contributed by atoms with Crippen LogP contribution in [0.2, 0.25) is 0 Å². The highest BCUT2D eigenvalue weighted by Gasteiger charge is 2.18. The summed E-state index contributed by atoms with van der Waals surface area (Å²) in [6.07, 6.45) is 0.821. The third-order valence-corrected chi connectivity index (χ3v) is 3.89. The molecule has 0 aliphatic rings. The fourth-order valence-electron chi connectivity index (χ4n) is 2.99. The topological polar surface area (TPSA) is 59.6 Å². The van der Waals surface area contributed by atoms with E-state index in [-0.39, 0.29) is 0 Å². The first-order chi connectivity index (χ1) is 9.63. The summed E-state index contributed by atoms with van der Waals surface area (Å²) in [5, 5.41) is 5.87. The van der Waals surface area contributed by atoms with Gasteiger partial charge in [0, 0.05) is 35.6 Å². The van der Waals surface area contributed by atoms with Crippen molar-refractivity contribution in [3.8, 4) is 11.3 Å². The molecule has 3 N–H and O–H groups in total. The van der Waals surface area contributed by atoms with Gasteiger partial charge in [-0.3, -0.25) is 4.68 Å². The molecule has 2 aromatic heterocycles. The van der Waals surface area contributed by atoms with Gasteiger partial charge in [0.1, 0.15) is 0 Å². The highest BCUT2D eigenvalue weighted by atomic mass is 15.3. The van der Waals surface area contributed by atoms with Gasteiger partial charge >= 0.3 is 0 Å². The molecule has 0 radical (unpaired) electrons. The number of nitrogens with one attached hydrogen (secondary N) is 1. The van der Waals surface area contributed by atoms with Crippen molar-refractivity contribution in [2.45, 2.75) is 20.3 Å². The Balaban J connectivity index is 2.28. The second-order valence-electron chi connectivity index (χ2n) is 5.25. The van der Waals surface area contributed by atoms with Crippen LogP contribution in [0.1, 0.15) is 17.0 Å². The maximum atomic E-state index is 5.67. The van der Waals surface area contributed by atoms with Gasteiger partial charge in [-0.1, -0.05) is 18.2 Å². The molecule has 0 amide bonds. The van der Waals surface area contributed by atoms with Crippen LogP contribution >= 0.6 is 0 Å². The fraction of sp³-hybridized carbons (Fsp3) is 0.312. The molecule has 0 aliphatic heterocycles. The average molecular weight is 268 g/mol. The highest BCUT2D eigenvalue weighted by molar-refractivity contribution is 5.97. The molecule has 0 spiro atoms. The fourth-order valence-corrected chi connectivity index (χ4v) is 2.99. The van der Waals surface area contributed by atoms with Gasteiger partial charge in [-0.2, -0.15) is 5.10 Å². The standard InChI is InChI=1S/C16H20N4/c1-10-13(8-9-17)19-20(3)16(10)15-11(2)18-14-7-5-4-6-12(14)15/h4-7,18H,8-9,17H2,1-3H3. The van der Waals surface area contributed by atoms with E-state index in [4.69, 9.17) is 5.73 Å². The number of aromatic nitrogens is 3. The quantitative estimate of drug-likeness (QED) is 0.767. The molecular formula is C16H20N4. The van der Waals surface area contributed by atoms with Gasteiger partial charge < -0.3 is 10.7 Å². The van der Waals surface area contributed by atoms with Gasteiger partial charge in [0.25, 0.3) is 0 Å². The molecular weight excluding hydrogens is 248 g/mol. The van der Waals surface area contributed by atoms with Crippen LogP contribution in [0, 0.1) is 13.8 Å². The van der Waals surface area contributed by atoms with E-state index < -0.39 is 0 Å². The molecule has 104 valence electrons. The van der Waals surface area contributed by atoms with Gasteiger partial charge in [0.15, 0.2) is 0 Å². The number of nitrogens with zero attached hydrogens (tertiary/aromatic N) is 2. The molecule has 0 bridgehead atoms. The highest BCUT2D eigenvalue weighted by Crippen LogP contribution is 2.34. The molecule has 0 aliphatic carbocycles. The summed E-state index contributed by atoms with van der Waals surface area (Å²) in [5.74, 6) is 0. The van der Waals surface area contributed by atoms with Crippen LogP contribution in [0.3, 0.4) is 0 Å². The maximum absolute atomic E-state index is 5.67. The van der Waals surface area contributed by atoms with E-state index >= 15 is 0 Å². The van der Waals surface area contributed by atoms with E-state index in [1.54, 1.807) is 0 Å². The van der Waals surface area contributed by atoms with E-state index in [1.807, 2.05) is 11.7 Å². The van der Waals surface area contributed by atoms with Gasteiger partial charge in [-0.15, -0.1) is 0 Å². The Morgan fingerprint density at radius 1 is 1.25 bits per heavy atom. The summed E-state index contributed by atoms with van der Waals surface area (Å²) >= 11 is 0. The van der Waals surface area contributed by atoms with Crippen molar-refractivity contribution in [1.82, 2.24) is 14.8 Å². The predicted molar refractivity (Wildman–Crippen MR) is 82.7 cm³/mol. The normalized spacial score (nSPS) is 11.4. The monoisotopic (exact) mass is 268 g/mol. The molecule has 2 heterocycles. The molecule has 3 rings (SSSR count). The smallest absolute Gasteiger partial charge is 0.0735 e. The number of aryl methyl sites for hydroxylation is 2. The van der Waals surface area contributed by atoms with E-state index in [2.05, 4.69) is 48.2 Å². The van der Waals surface area contributed by atoms with E-state index in [0.29, 0.717) is 6.54 Å². The lowest BCUT2D eigenvalue weighted by molar-refractivity contribution is 0.745. The summed E-state index contributed by atoms with van der Waals surface area (Å²) in [5.41, 5.74) is 12.8. The van der Waals surface area contributed by atoms with E-state index in [0.717, 1.165) is 12.1 Å². The van der Waals surface area contributed by atoms with Crippen molar-refractivity contribution in [3.63, 3.8) is 0 Å². The second kappa shape index (κ2) is 4.80. The SMILES string of the molecule is Cc1[nH]c2ccccc2c1-c1c(C)c(CCN)nn1C. The van der Waals surface area contributed by atoms with Crippen molar-refractivity contribution >= 4 is 10.9 Å². The number of fused-ring (bicyclic) bond motifs is 1. The van der Waals surface area contributed by atoms with Crippen LogP contribution in [0.4, 0.5) is 0 Å². The zero-order chi connectivity index (χ0) is 14.3. The molecule has 0 atom stereocenters. The van der Waals surface area contributed by atoms with Crippen LogP contribution in [0.5, 0.6) is 0 Å². The van der Waals surface area contributed by atoms with Crippen LogP contribution in [-0.4, -0.2) is 21.3 Å². The van der Waals surface area contributed by atoms with Crippen molar-refractivity contribution in [2.24, 2.45) is 12.8 Å². The van der Waals surface area contributed by atoms with Crippen molar-refractivity contribution in [3.05, 3.63) is 41.2 Å². The molecule has 4 heteroatoms. The first-order valence-corrected chi connectivity index (χ1v) is 6.93. The lowest BCUT2D eigenvalue weighted by Crippen LogP contribution is -2.04. The summed E-state index contributed by atoms with van der Waals surface area (Å²) in [7, 11) is 2.00. The number of H-pyrrole nitrogens is 1. The number of hydrogen-bond donors (Lipinski definition) is 2. The lowest BCUT2D eigenvalue weighted by atomic mass is 10.0. The molecule has 0 fully saturated rings. The van der Waals surface area contributed by atoms with E-state index in [1.165, 1.54) is 33.4 Å². The molecule has 20 heavy (non-hydrogen) atoms. The Labute approximate surface area is 118 Å². The third-order valence-electron chi connectivity index (χ3n) is 3.89. The maximum Gasteiger partial charge on any atom is 0.0735 e. The molecule has 3 aromatic rings. The zero-order valence-corrected chi connectivity index (χ0v) is 12.2. The first kappa shape index (κ1) is 12.9. The van der Waals surface area contributed by atoms with Gasteiger partial charge in [-0.25, -0.2) is 0 Å². The van der Waals surface area contributed by atoms with Crippen LogP contribution in [-0.2, 0) is 13.5 Å². The summed E-state index contributed by atoms with van der Waals surface area (Å²) in [6, 6.07) is 8.39. The number of aromatic amines is 1. The van der Waals surface area contributed by atoms with Crippen LogP contribution < -0.4 is 5.73 Å². The Morgan fingerprint density at radius 3 is 2.75 bits per heavy atom. The number of hydrogen-bond acceptors (Lipinski definition) is 2. The zero-order valence-electron chi connectivity index (χ0n) is 12.2. The lowest BCUT2D eigenvalue weighted by Gasteiger charge is -2.04. The summed E-state index contributed by atoms with van der Waals surface area (Å²) in [6.45, 7) is 4.88. The number of nitrogens with two attached hydrogens (primary N) is 1. The largest absolute Gasteiger partial charge is 0.358 e. The molecule has 0 saturated carbocycles. The van der Waals surface area contributed by atoms with Gasteiger partial charge in [-0.05, 0) is 32.0 Å². The average Bonchev–Trinajstić information content (AvgIpc) is 2.88. The first-order valence-electron chi connectivity index (χ1n) is 6.93. The predicted octanol–water partition coefficient (Wildman–Crippen LogP) is 2.69. The molecule has 4 nitrogen and oxygen atoms in total. The Bertz CT molecular complexity index is 764. The van der Waals surface area contributed by atoms with Gasteiger partial charge in [0.2, 0.25) is 0 Å². The summed E-state index contributed by atoms with van der Waals surface area (Å²) < 4.78 is 1.98. The van der Waals surface area contributed by atoms with Crippen LogP contribution in [0.25, 0.3) is 22.2 Å². The number of rotatable bonds is 3. The van der Waals surface area contributed by atoms with Crippen molar-refractivity contribution in [1.29, 1.82) is 0 Å². The Hall–Kier alpha value is -2.07. The van der Waals surface area contributed by atoms with Crippen molar-refractivity contribution < 1.29 is 0 Å². The van der Waals surface area contributed by atoms with Gasteiger partial charge in [0.05, 0.1) is 11.4 Å².